The Labute approximate surface area is 95.4 Å². The van der Waals surface area contributed by atoms with E-state index in [9.17, 15) is 9.59 Å². The number of carbonyl (C=O) groups excluding carboxylic acids is 1. The Morgan fingerprint density at radius 2 is 1.88 bits per heavy atom. The van der Waals surface area contributed by atoms with Crippen molar-refractivity contribution in [3.8, 4) is 0 Å². The first-order valence-corrected chi connectivity index (χ1v) is 5.83. The zero-order valence-electron chi connectivity index (χ0n) is 9.50. The highest BCUT2D eigenvalue weighted by Crippen LogP contribution is 2.25. The van der Waals surface area contributed by atoms with Gasteiger partial charge in [0.25, 0.3) is 0 Å². The van der Waals surface area contributed by atoms with Gasteiger partial charge in [-0.15, -0.1) is 0 Å². The maximum Gasteiger partial charge on any atom is 0.303 e. The topological polar surface area (TPSA) is 92.4 Å². The van der Waals surface area contributed by atoms with E-state index in [1.165, 1.54) is 0 Å². The molecule has 0 spiro atoms. The van der Waals surface area contributed by atoms with Crippen molar-refractivity contribution in [2.75, 3.05) is 6.54 Å². The van der Waals surface area contributed by atoms with Crippen LogP contribution in [0.25, 0.3) is 0 Å². The minimum Gasteiger partial charge on any atom is -0.481 e. The molecule has 5 heteroatoms. The van der Waals surface area contributed by atoms with Crippen LogP contribution in [0.2, 0.25) is 0 Å². The fraction of sp³-hybridized carbons (Fsp3) is 0.818. The van der Waals surface area contributed by atoms with Crippen LogP contribution < -0.4 is 11.1 Å². The summed E-state index contributed by atoms with van der Waals surface area (Å²) in [4.78, 5) is 22.1. The lowest BCUT2D eigenvalue weighted by molar-refractivity contribution is -0.137. The van der Waals surface area contributed by atoms with E-state index in [1.54, 1.807) is 0 Å². The predicted octanol–water partition coefficient (Wildman–Crippen LogP) is 0.629. The van der Waals surface area contributed by atoms with Gasteiger partial charge < -0.3 is 16.2 Å². The van der Waals surface area contributed by atoms with Gasteiger partial charge >= 0.3 is 5.97 Å². The molecule has 0 unspecified atom stereocenters. The van der Waals surface area contributed by atoms with E-state index in [-0.39, 0.29) is 12.3 Å². The Bertz CT molecular complexity index is 260. The number of aliphatic carboxylic acids is 1. The molecule has 1 rings (SSSR count). The molecule has 1 amide bonds. The number of amides is 1. The minimum absolute atomic E-state index is 0.0812. The number of nitrogens with one attached hydrogen (secondary N) is 1. The Hall–Kier alpha value is -1.10. The summed E-state index contributed by atoms with van der Waals surface area (Å²) in [5.41, 5.74) is 5.30. The summed E-state index contributed by atoms with van der Waals surface area (Å²) < 4.78 is 0. The van der Waals surface area contributed by atoms with Gasteiger partial charge in [0.05, 0.1) is 5.54 Å². The predicted molar refractivity (Wildman–Crippen MR) is 59.9 cm³/mol. The quantitative estimate of drug-likeness (QED) is 0.602. The maximum atomic E-state index is 11.8. The summed E-state index contributed by atoms with van der Waals surface area (Å²) in [7, 11) is 0. The van der Waals surface area contributed by atoms with Gasteiger partial charge in [0.1, 0.15) is 0 Å². The van der Waals surface area contributed by atoms with Gasteiger partial charge in [0.15, 0.2) is 0 Å². The number of carbonyl (C=O) groups is 2. The second kappa shape index (κ2) is 5.84. The molecule has 0 saturated heterocycles. The molecule has 1 aliphatic carbocycles. The molecule has 5 nitrogen and oxygen atoms in total. The first kappa shape index (κ1) is 13.0. The molecule has 16 heavy (non-hydrogen) atoms. The number of carboxylic acids is 1. The molecule has 0 bridgehead atoms. The second-order valence-corrected chi connectivity index (χ2v) is 4.47. The molecule has 92 valence electrons. The van der Waals surface area contributed by atoms with Gasteiger partial charge in [0.2, 0.25) is 5.91 Å². The average molecular weight is 228 g/mol. The van der Waals surface area contributed by atoms with Gasteiger partial charge in [-0.1, -0.05) is 19.3 Å². The molecule has 0 aliphatic heterocycles. The van der Waals surface area contributed by atoms with E-state index in [4.69, 9.17) is 10.8 Å². The standard InChI is InChI=1S/C11H20N2O3/c12-11(6-2-1-3-7-11)10(16)13-8-4-5-9(14)15/h1-8,12H2,(H,13,16)(H,14,15). The molecule has 0 aromatic heterocycles. The van der Waals surface area contributed by atoms with Crippen LogP contribution in [0.15, 0.2) is 0 Å². The average Bonchev–Trinajstić information content (AvgIpc) is 2.25. The largest absolute Gasteiger partial charge is 0.481 e. The summed E-state index contributed by atoms with van der Waals surface area (Å²) >= 11 is 0. The Morgan fingerprint density at radius 3 is 2.44 bits per heavy atom. The van der Waals surface area contributed by atoms with Crippen molar-refractivity contribution in [3.05, 3.63) is 0 Å². The molecule has 0 radical (unpaired) electrons. The molecule has 0 aromatic rings. The maximum absolute atomic E-state index is 11.8. The molecule has 1 saturated carbocycles. The molecular weight excluding hydrogens is 208 g/mol. The number of hydrogen-bond acceptors (Lipinski definition) is 3. The highest BCUT2D eigenvalue weighted by Gasteiger charge is 2.34. The van der Waals surface area contributed by atoms with Crippen LogP contribution >= 0.6 is 0 Å². The first-order chi connectivity index (χ1) is 7.54. The fourth-order valence-electron chi connectivity index (χ4n) is 2.03. The Balaban J connectivity index is 2.25. The Morgan fingerprint density at radius 1 is 1.25 bits per heavy atom. The van der Waals surface area contributed by atoms with Gasteiger partial charge in [-0.05, 0) is 19.3 Å². The second-order valence-electron chi connectivity index (χ2n) is 4.47. The molecule has 0 heterocycles. The fourth-order valence-corrected chi connectivity index (χ4v) is 2.03. The minimum atomic E-state index is -0.839. The van der Waals surface area contributed by atoms with Crippen molar-refractivity contribution in [2.45, 2.75) is 50.5 Å². The first-order valence-electron chi connectivity index (χ1n) is 5.83. The number of rotatable bonds is 5. The SMILES string of the molecule is NC1(C(=O)NCCCC(=O)O)CCCCC1. The van der Waals surface area contributed by atoms with Crippen molar-refractivity contribution in [1.82, 2.24) is 5.32 Å². The molecule has 1 fully saturated rings. The lowest BCUT2D eigenvalue weighted by Gasteiger charge is -2.31. The molecule has 0 aromatic carbocycles. The van der Waals surface area contributed by atoms with E-state index in [0.29, 0.717) is 13.0 Å². The van der Waals surface area contributed by atoms with Crippen LogP contribution in [0, 0.1) is 0 Å². The summed E-state index contributed by atoms with van der Waals surface area (Å²) in [5, 5.41) is 11.2. The molecule has 0 atom stereocenters. The van der Waals surface area contributed by atoms with Gasteiger partial charge in [-0.25, -0.2) is 0 Å². The van der Waals surface area contributed by atoms with Crippen molar-refractivity contribution in [3.63, 3.8) is 0 Å². The molecule has 1 aliphatic rings. The molecular formula is C11H20N2O3. The van der Waals surface area contributed by atoms with E-state index < -0.39 is 11.5 Å². The number of carboxylic acid groups (broad SMARTS) is 1. The Kier molecular flexibility index (Phi) is 4.73. The lowest BCUT2D eigenvalue weighted by atomic mass is 9.82. The smallest absolute Gasteiger partial charge is 0.303 e. The van der Waals surface area contributed by atoms with Crippen molar-refractivity contribution in [1.29, 1.82) is 0 Å². The summed E-state index contributed by atoms with van der Waals surface area (Å²) in [6, 6.07) is 0. The highest BCUT2D eigenvalue weighted by molar-refractivity contribution is 5.86. The van der Waals surface area contributed by atoms with Crippen LogP contribution in [-0.2, 0) is 9.59 Å². The van der Waals surface area contributed by atoms with Crippen molar-refractivity contribution >= 4 is 11.9 Å². The lowest BCUT2D eigenvalue weighted by Crippen LogP contribution is -2.55. The third kappa shape index (κ3) is 3.81. The monoisotopic (exact) mass is 228 g/mol. The highest BCUT2D eigenvalue weighted by atomic mass is 16.4. The van der Waals surface area contributed by atoms with E-state index in [1.807, 2.05) is 0 Å². The third-order valence-corrected chi connectivity index (χ3v) is 3.05. The van der Waals surface area contributed by atoms with E-state index in [2.05, 4.69) is 5.32 Å². The van der Waals surface area contributed by atoms with Crippen molar-refractivity contribution < 1.29 is 14.7 Å². The van der Waals surface area contributed by atoms with Crippen molar-refractivity contribution in [2.24, 2.45) is 5.73 Å². The normalized spacial score (nSPS) is 19.1. The van der Waals surface area contributed by atoms with Gasteiger partial charge in [-0.2, -0.15) is 0 Å². The summed E-state index contributed by atoms with van der Waals surface area (Å²) in [6.07, 6.45) is 5.15. The summed E-state index contributed by atoms with van der Waals surface area (Å²) in [5.74, 6) is -0.966. The van der Waals surface area contributed by atoms with Crippen LogP contribution in [0.3, 0.4) is 0 Å². The molecule has 4 N–H and O–H groups in total. The third-order valence-electron chi connectivity index (χ3n) is 3.05. The van der Waals surface area contributed by atoms with Crippen LogP contribution in [-0.4, -0.2) is 29.1 Å². The zero-order valence-corrected chi connectivity index (χ0v) is 9.50. The number of hydrogen-bond donors (Lipinski definition) is 3. The van der Waals surface area contributed by atoms with Gasteiger partial charge in [0, 0.05) is 13.0 Å². The van der Waals surface area contributed by atoms with E-state index in [0.717, 1.165) is 32.1 Å². The summed E-state index contributed by atoms with van der Waals surface area (Å²) in [6.45, 7) is 0.393. The van der Waals surface area contributed by atoms with Crippen LogP contribution in [0.5, 0.6) is 0 Å². The van der Waals surface area contributed by atoms with E-state index >= 15 is 0 Å². The number of nitrogens with two attached hydrogens (primary N) is 1. The van der Waals surface area contributed by atoms with Crippen LogP contribution in [0.4, 0.5) is 0 Å². The zero-order chi connectivity index (χ0) is 12.0. The van der Waals surface area contributed by atoms with Gasteiger partial charge in [-0.3, -0.25) is 9.59 Å². The van der Waals surface area contributed by atoms with Crippen LogP contribution in [0.1, 0.15) is 44.9 Å².